The normalized spacial score (nSPS) is 11.3. The van der Waals surface area contributed by atoms with Crippen molar-refractivity contribution in [2.75, 3.05) is 21.3 Å². The second kappa shape index (κ2) is 9.75. The zero-order valence-corrected chi connectivity index (χ0v) is 19.1. The molecule has 1 aromatic heterocycles. The largest absolute Gasteiger partial charge is 0.504 e. The third-order valence-corrected chi connectivity index (χ3v) is 5.41. The molecule has 0 aliphatic rings. The summed E-state index contributed by atoms with van der Waals surface area (Å²) < 4.78 is 16.2. The molecule has 0 aliphatic carbocycles. The van der Waals surface area contributed by atoms with E-state index in [1.54, 1.807) is 30.3 Å². The molecule has 0 radical (unpaired) electrons. The molecule has 3 aromatic rings. The topological polar surface area (TPSA) is 127 Å². The number of benzene rings is 2. The van der Waals surface area contributed by atoms with Gasteiger partial charge in [-0.25, -0.2) is 9.78 Å². The number of nitrogens with one attached hydrogen (secondary N) is 1. The highest BCUT2D eigenvalue weighted by molar-refractivity contribution is 9.10. The molecule has 3 rings (SSSR count). The fraction of sp³-hybridized carbons (Fsp3) is 0.150. The number of halogens is 1. The molecule has 2 aromatic carbocycles. The van der Waals surface area contributed by atoms with Crippen LogP contribution in [-0.4, -0.2) is 52.7 Å². The molecule has 162 valence electrons. The van der Waals surface area contributed by atoms with Gasteiger partial charge in [0.15, 0.2) is 17.3 Å². The monoisotopic (exact) mass is 507 g/mol. The van der Waals surface area contributed by atoms with Gasteiger partial charge in [0, 0.05) is 21.7 Å². The van der Waals surface area contributed by atoms with E-state index in [0.717, 1.165) is 11.8 Å². The van der Waals surface area contributed by atoms with Gasteiger partial charge >= 0.3 is 5.97 Å². The molecule has 11 heteroatoms. The first kappa shape index (κ1) is 22.5. The number of ether oxygens (including phenoxy) is 3. The average Bonchev–Trinajstić information content (AvgIpc) is 3.23. The molecule has 9 nitrogen and oxygen atoms in total. The van der Waals surface area contributed by atoms with Crippen LogP contribution in [0, 0.1) is 0 Å². The van der Waals surface area contributed by atoms with E-state index in [2.05, 4.69) is 31.1 Å². The maximum atomic E-state index is 11.8. The number of rotatable bonds is 8. The zero-order chi connectivity index (χ0) is 22.5. The van der Waals surface area contributed by atoms with Gasteiger partial charge in [0.2, 0.25) is 5.16 Å². The van der Waals surface area contributed by atoms with Gasteiger partial charge < -0.3 is 24.4 Å². The number of thioether (sulfide) groups is 1. The first-order valence-electron chi connectivity index (χ1n) is 8.69. The van der Waals surface area contributed by atoms with Crippen molar-refractivity contribution >= 4 is 39.7 Å². The van der Waals surface area contributed by atoms with Crippen LogP contribution in [0.5, 0.6) is 23.0 Å². The van der Waals surface area contributed by atoms with Crippen LogP contribution in [0.1, 0.15) is 5.56 Å². The standard InChI is InChI=1S/C20H18BrN3O6S/c1-28-13-5-11(6-14(9-13)29-2)18-22-20(24-23-18)31-16(19(26)27)7-10-4-12(21)8-15(30-3)17(10)25/h4-9,25H,1-3H3,(H,26,27)(H,22,23,24)/b16-7-. The van der Waals surface area contributed by atoms with E-state index < -0.39 is 5.97 Å². The second-order valence-electron chi connectivity index (χ2n) is 6.03. The molecule has 3 N–H and O–H groups in total. The number of H-pyrrole nitrogens is 1. The molecule has 0 atom stereocenters. The summed E-state index contributed by atoms with van der Waals surface area (Å²) >= 11 is 4.14. The van der Waals surface area contributed by atoms with Gasteiger partial charge in [0.25, 0.3) is 0 Å². The number of nitrogens with zero attached hydrogens (tertiary/aromatic N) is 2. The Morgan fingerprint density at radius 2 is 1.77 bits per heavy atom. The van der Waals surface area contributed by atoms with Gasteiger partial charge in [-0.05, 0) is 42.1 Å². The van der Waals surface area contributed by atoms with Crippen LogP contribution in [0.25, 0.3) is 17.5 Å². The molecule has 0 spiro atoms. The smallest absolute Gasteiger partial charge is 0.342 e. The number of carboxylic acid groups (broad SMARTS) is 1. The van der Waals surface area contributed by atoms with Crippen LogP contribution in [-0.2, 0) is 4.79 Å². The number of aromatic hydroxyl groups is 1. The Balaban J connectivity index is 1.93. The van der Waals surface area contributed by atoms with Crippen LogP contribution in [0.15, 0.2) is 44.9 Å². The summed E-state index contributed by atoms with van der Waals surface area (Å²) in [4.78, 5) is 16.1. The first-order valence-corrected chi connectivity index (χ1v) is 10.3. The lowest BCUT2D eigenvalue weighted by molar-refractivity contribution is -0.131. The van der Waals surface area contributed by atoms with Gasteiger partial charge in [0.1, 0.15) is 16.4 Å². The van der Waals surface area contributed by atoms with Crippen LogP contribution in [0.3, 0.4) is 0 Å². The fourth-order valence-electron chi connectivity index (χ4n) is 2.60. The Morgan fingerprint density at radius 3 is 2.35 bits per heavy atom. The quantitative estimate of drug-likeness (QED) is 0.303. The maximum absolute atomic E-state index is 11.8. The Morgan fingerprint density at radius 1 is 1.10 bits per heavy atom. The third-order valence-electron chi connectivity index (χ3n) is 4.08. The zero-order valence-electron chi connectivity index (χ0n) is 16.7. The molecular formula is C20H18BrN3O6S. The van der Waals surface area contributed by atoms with Gasteiger partial charge in [-0.15, -0.1) is 5.10 Å². The minimum Gasteiger partial charge on any atom is -0.504 e. The Hall–Kier alpha value is -3.18. The van der Waals surface area contributed by atoms with E-state index >= 15 is 0 Å². The number of hydrogen-bond acceptors (Lipinski definition) is 8. The Bertz CT molecular complexity index is 1130. The summed E-state index contributed by atoms with van der Waals surface area (Å²) in [5, 5.41) is 27.0. The van der Waals surface area contributed by atoms with Crippen LogP contribution >= 0.6 is 27.7 Å². The summed E-state index contributed by atoms with van der Waals surface area (Å²) in [6, 6.07) is 8.37. The molecular weight excluding hydrogens is 490 g/mol. The number of aromatic nitrogens is 3. The van der Waals surface area contributed by atoms with E-state index in [1.165, 1.54) is 27.4 Å². The lowest BCUT2D eigenvalue weighted by Gasteiger charge is -2.08. The number of aliphatic carboxylic acids is 1. The SMILES string of the molecule is COc1cc(OC)cc(-c2nc(S/C(=C\c3cc(Br)cc(OC)c3O)C(=O)O)n[nH]2)c1. The maximum Gasteiger partial charge on any atom is 0.342 e. The molecule has 31 heavy (non-hydrogen) atoms. The number of carbonyl (C=O) groups is 1. The van der Waals surface area contributed by atoms with Gasteiger partial charge in [-0.1, -0.05) is 15.9 Å². The predicted molar refractivity (Wildman–Crippen MR) is 119 cm³/mol. The van der Waals surface area contributed by atoms with E-state index in [1.807, 2.05) is 0 Å². The molecule has 1 heterocycles. The van der Waals surface area contributed by atoms with Crippen LogP contribution < -0.4 is 14.2 Å². The Labute approximate surface area is 190 Å². The van der Waals surface area contributed by atoms with E-state index in [0.29, 0.717) is 27.4 Å². The molecule has 0 saturated heterocycles. The van der Waals surface area contributed by atoms with E-state index in [9.17, 15) is 15.0 Å². The number of phenols is 1. The second-order valence-corrected chi connectivity index (χ2v) is 7.95. The summed E-state index contributed by atoms with van der Waals surface area (Å²) in [6.07, 6.45) is 1.32. The van der Waals surface area contributed by atoms with Gasteiger partial charge in [0.05, 0.1) is 21.3 Å². The summed E-state index contributed by atoms with van der Waals surface area (Å²) in [6.45, 7) is 0. The van der Waals surface area contributed by atoms with Crippen molar-refractivity contribution < 1.29 is 29.2 Å². The average molecular weight is 508 g/mol. The van der Waals surface area contributed by atoms with Crippen molar-refractivity contribution in [3.05, 3.63) is 45.3 Å². The lowest BCUT2D eigenvalue weighted by atomic mass is 10.1. The summed E-state index contributed by atoms with van der Waals surface area (Å²) in [5.41, 5.74) is 0.926. The van der Waals surface area contributed by atoms with Crippen molar-refractivity contribution in [1.29, 1.82) is 0 Å². The molecule has 0 amide bonds. The molecule has 0 saturated carbocycles. The molecule has 0 unspecified atom stereocenters. The molecule has 0 bridgehead atoms. The number of hydrogen-bond donors (Lipinski definition) is 3. The van der Waals surface area contributed by atoms with Crippen molar-refractivity contribution in [2.45, 2.75) is 5.16 Å². The highest BCUT2D eigenvalue weighted by atomic mass is 79.9. The van der Waals surface area contributed by atoms with Crippen LogP contribution in [0.2, 0.25) is 0 Å². The Kier molecular flexibility index (Phi) is 7.08. The van der Waals surface area contributed by atoms with Gasteiger partial charge in [-0.3, -0.25) is 5.10 Å². The fourth-order valence-corrected chi connectivity index (χ4v) is 3.75. The van der Waals surface area contributed by atoms with Crippen molar-refractivity contribution in [3.8, 4) is 34.4 Å². The minimum atomic E-state index is -1.20. The third kappa shape index (κ3) is 5.30. The number of carboxylic acids is 1. The van der Waals surface area contributed by atoms with Gasteiger partial charge in [-0.2, -0.15) is 0 Å². The van der Waals surface area contributed by atoms with Crippen LogP contribution in [0.4, 0.5) is 0 Å². The molecule has 0 aliphatic heterocycles. The number of phenolic OH excluding ortho intramolecular Hbond substituents is 1. The minimum absolute atomic E-state index is 0.0933. The lowest BCUT2D eigenvalue weighted by Crippen LogP contribution is -1.98. The first-order chi connectivity index (χ1) is 14.8. The van der Waals surface area contributed by atoms with E-state index in [-0.39, 0.29) is 27.1 Å². The summed E-state index contributed by atoms with van der Waals surface area (Å²) in [7, 11) is 4.48. The van der Waals surface area contributed by atoms with Crippen molar-refractivity contribution in [1.82, 2.24) is 15.2 Å². The molecule has 0 fully saturated rings. The highest BCUT2D eigenvalue weighted by Gasteiger charge is 2.17. The predicted octanol–water partition coefficient (Wildman–Crippen LogP) is 4.18. The summed E-state index contributed by atoms with van der Waals surface area (Å²) in [5.74, 6) is 0.399. The van der Waals surface area contributed by atoms with Crippen molar-refractivity contribution in [3.63, 3.8) is 0 Å². The highest BCUT2D eigenvalue weighted by Crippen LogP contribution is 2.37. The van der Waals surface area contributed by atoms with Crippen molar-refractivity contribution in [2.24, 2.45) is 0 Å². The van der Waals surface area contributed by atoms with E-state index in [4.69, 9.17) is 14.2 Å². The number of aromatic amines is 1. The number of methoxy groups -OCH3 is 3.